The van der Waals surface area contributed by atoms with E-state index in [2.05, 4.69) is 22.3 Å². The van der Waals surface area contributed by atoms with Gasteiger partial charge in [-0.15, -0.1) is 0 Å². The third-order valence-corrected chi connectivity index (χ3v) is 5.16. The molecule has 2 aliphatic rings. The Morgan fingerprint density at radius 1 is 1.38 bits per heavy atom. The van der Waals surface area contributed by atoms with Crippen LogP contribution in [0.15, 0.2) is 24.3 Å². The molecule has 1 amide bonds. The van der Waals surface area contributed by atoms with Crippen LogP contribution >= 0.6 is 11.6 Å². The molecule has 2 aromatic rings. The molecular weight excluding hydrogens is 326 g/mol. The molecule has 0 spiro atoms. The molecule has 1 unspecified atom stereocenters. The maximum atomic E-state index is 12.8. The molecule has 1 aromatic heterocycles. The van der Waals surface area contributed by atoms with Crippen molar-refractivity contribution in [3.05, 3.63) is 51.8 Å². The van der Waals surface area contributed by atoms with E-state index in [1.165, 1.54) is 5.56 Å². The molecule has 6 heteroatoms. The van der Waals surface area contributed by atoms with E-state index in [1.807, 2.05) is 17.0 Å². The molecule has 0 radical (unpaired) electrons. The highest BCUT2D eigenvalue weighted by atomic mass is 35.5. The lowest BCUT2D eigenvalue weighted by Crippen LogP contribution is -2.30. The minimum absolute atomic E-state index is 0.0246. The Bertz CT molecular complexity index is 741. The lowest BCUT2D eigenvalue weighted by atomic mass is 9.99. The first-order valence-corrected chi connectivity index (χ1v) is 8.76. The van der Waals surface area contributed by atoms with Crippen molar-refractivity contribution in [1.82, 2.24) is 15.1 Å². The Morgan fingerprint density at radius 2 is 2.21 bits per heavy atom. The van der Waals surface area contributed by atoms with E-state index in [0.717, 1.165) is 48.6 Å². The van der Waals surface area contributed by atoms with E-state index >= 15 is 0 Å². The van der Waals surface area contributed by atoms with E-state index in [1.54, 1.807) is 0 Å². The third-order valence-electron chi connectivity index (χ3n) is 4.91. The first kappa shape index (κ1) is 15.7. The highest BCUT2D eigenvalue weighted by Gasteiger charge is 2.31. The fourth-order valence-electron chi connectivity index (χ4n) is 3.58. The van der Waals surface area contributed by atoms with Crippen LogP contribution < -0.4 is 0 Å². The molecule has 1 aromatic carbocycles. The number of ether oxygens (including phenoxy) is 1. The van der Waals surface area contributed by atoms with Crippen molar-refractivity contribution in [2.75, 3.05) is 19.7 Å². The van der Waals surface area contributed by atoms with E-state index < -0.39 is 0 Å². The predicted molar refractivity (Wildman–Crippen MR) is 91.1 cm³/mol. The van der Waals surface area contributed by atoms with Crippen LogP contribution in [0, 0.1) is 5.92 Å². The van der Waals surface area contributed by atoms with Gasteiger partial charge in [-0.2, -0.15) is 5.10 Å². The average Bonchev–Trinajstić information content (AvgIpc) is 3.23. The molecule has 2 aliphatic heterocycles. The van der Waals surface area contributed by atoms with Crippen LogP contribution in [-0.2, 0) is 24.2 Å². The van der Waals surface area contributed by atoms with Gasteiger partial charge in [-0.3, -0.25) is 9.89 Å². The maximum Gasteiger partial charge on any atom is 0.274 e. The summed E-state index contributed by atoms with van der Waals surface area (Å²) in [7, 11) is 0. The Hall–Kier alpha value is -1.85. The van der Waals surface area contributed by atoms with Gasteiger partial charge in [0.05, 0.1) is 13.2 Å². The number of nitrogens with one attached hydrogen (secondary N) is 1. The molecule has 1 fully saturated rings. The topological polar surface area (TPSA) is 58.2 Å². The van der Waals surface area contributed by atoms with Crippen LogP contribution in [0.1, 0.15) is 33.7 Å². The zero-order valence-corrected chi connectivity index (χ0v) is 14.2. The zero-order valence-electron chi connectivity index (χ0n) is 13.4. The Morgan fingerprint density at radius 3 is 3.04 bits per heavy atom. The number of rotatable bonds is 3. The highest BCUT2D eigenvalue weighted by molar-refractivity contribution is 6.30. The number of aromatic amines is 1. The number of H-pyrrole nitrogens is 1. The Labute approximate surface area is 145 Å². The van der Waals surface area contributed by atoms with Crippen molar-refractivity contribution in [2.45, 2.75) is 25.9 Å². The molecule has 1 saturated heterocycles. The van der Waals surface area contributed by atoms with Crippen LogP contribution in [0.5, 0.6) is 0 Å². The van der Waals surface area contributed by atoms with Gasteiger partial charge in [0.15, 0.2) is 5.69 Å². The van der Waals surface area contributed by atoms with Gasteiger partial charge < -0.3 is 9.64 Å². The summed E-state index contributed by atoms with van der Waals surface area (Å²) >= 11 is 5.94. The highest BCUT2D eigenvalue weighted by Crippen LogP contribution is 2.25. The van der Waals surface area contributed by atoms with Gasteiger partial charge in [-0.1, -0.05) is 23.7 Å². The third kappa shape index (κ3) is 3.06. The number of likely N-dealkylation sites (tertiary alicyclic amines) is 1. The first-order valence-electron chi connectivity index (χ1n) is 8.38. The van der Waals surface area contributed by atoms with Crippen LogP contribution in [0.4, 0.5) is 0 Å². The van der Waals surface area contributed by atoms with Gasteiger partial charge in [-0.05, 0) is 36.5 Å². The van der Waals surface area contributed by atoms with Crippen molar-refractivity contribution >= 4 is 17.5 Å². The monoisotopic (exact) mass is 345 g/mol. The van der Waals surface area contributed by atoms with E-state index in [0.29, 0.717) is 24.8 Å². The van der Waals surface area contributed by atoms with Crippen molar-refractivity contribution in [2.24, 2.45) is 5.92 Å². The van der Waals surface area contributed by atoms with Gasteiger partial charge in [0.2, 0.25) is 0 Å². The van der Waals surface area contributed by atoms with Gasteiger partial charge in [0, 0.05) is 35.8 Å². The number of fused-ring (bicyclic) bond motifs is 1. The Kier molecular flexibility index (Phi) is 4.29. The number of hydrogen-bond donors (Lipinski definition) is 1. The molecule has 0 bridgehead atoms. The lowest BCUT2D eigenvalue weighted by molar-refractivity contribution is 0.0766. The van der Waals surface area contributed by atoms with Crippen molar-refractivity contribution in [3.63, 3.8) is 0 Å². The molecule has 3 heterocycles. The minimum Gasteiger partial charge on any atom is -0.376 e. The fraction of sp³-hybridized carbons (Fsp3) is 0.444. The summed E-state index contributed by atoms with van der Waals surface area (Å²) in [6.45, 7) is 2.74. The fourth-order valence-corrected chi connectivity index (χ4v) is 3.70. The summed E-state index contributed by atoms with van der Waals surface area (Å²) in [6, 6.07) is 7.97. The number of hydrogen-bond acceptors (Lipinski definition) is 3. The number of carbonyl (C=O) groups is 1. The molecule has 126 valence electrons. The largest absolute Gasteiger partial charge is 0.376 e. The number of nitrogens with zero attached hydrogens (tertiary/aromatic N) is 2. The molecule has 0 aliphatic carbocycles. The maximum absolute atomic E-state index is 12.8. The lowest BCUT2D eigenvalue weighted by Gasteiger charge is -2.17. The van der Waals surface area contributed by atoms with Crippen LogP contribution in [0.25, 0.3) is 0 Å². The normalized spacial score (nSPS) is 20.2. The molecule has 5 nitrogen and oxygen atoms in total. The van der Waals surface area contributed by atoms with Gasteiger partial charge in [-0.25, -0.2) is 0 Å². The summed E-state index contributed by atoms with van der Waals surface area (Å²) in [4.78, 5) is 14.7. The summed E-state index contributed by atoms with van der Waals surface area (Å²) in [6.07, 6.45) is 2.80. The summed E-state index contributed by atoms with van der Waals surface area (Å²) in [5.41, 5.74) is 3.79. The standard InChI is InChI=1S/C18H20ClN3O2/c19-14-3-1-12(2-4-14)9-13-5-7-22(10-13)18(23)17-15-11-24-8-6-16(15)20-21-17/h1-4,13H,5-11H2,(H,20,21). The summed E-state index contributed by atoms with van der Waals surface area (Å²) in [5.74, 6) is 0.512. The number of amides is 1. The number of halogens is 1. The molecule has 1 N–H and O–H groups in total. The Balaban J connectivity index is 1.42. The first-order chi connectivity index (χ1) is 11.7. The van der Waals surface area contributed by atoms with Crippen molar-refractivity contribution in [1.29, 1.82) is 0 Å². The smallest absolute Gasteiger partial charge is 0.274 e. The summed E-state index contributed by atoms with van der Waals surface area (Å²) < 4.78 is 5.48. The number of carbonyl (C=O) groups excluding carboxylic acids is 1. The zero-order chi connectivity index (χ0) is 16.5. The average molecular weight is 346 g/mol. The SMILES string of the molecule is O=C(c1n[nH]c2c1COCC2)N1CCC(Cc2ccc(Cl)cc2)C1. The summed E-state index contributed by atoms with van der Waals surface area (Å²) in [5, 5.41) is 8.00. The molecule has 4 rings (SSSR count). The quantitative estimate of drug-likeness (QED) is 0.930. The van der Waals surface area contributed by atoms with Crippen LogP contribution in [-0.4, -0.2) is 40.7 Å². The van der Waals surface area contributed by atoms with E-state index in [9.17, 15) is 4.79 Å². The van der Waals surface area contributed by atoms with E-state index in [-0.39, 0.29) is 5.91 Å². The van der Waals surface area contributed by atoms with Crippen molar-refractivity contribution in [3.8, 4) is 0 Å². The predicted octanol–water partition coefficient (Wildman–Crippen LogP) is 2.84. The molecule has 24 heavy (non-hydrogen) atoms. The second-order valence-electron chi connectivity index (χ2n) is 6.57. The number of aromatic nitrogens is 2. The molecule has 1 atom stereocenters. The van der Waals surface area contributed by atoms with Crippen LogP contribution in [0.3, 0.4) is 0 Å². The minimum atomic E-state index is 0.0246. The van der Waals surface area contributed by atoms with Gasteiger partial charge in [0.1, 0.15) is 0 Å². The van der Waals surface area contributed by atoms with Crippen LogP contribution in [0.2, 0.25) is 5.02 Å². The molecular formula is C18H20ClN3O2. The second kappa shape index (κ2) is 6.57. The second-order valence-corrected chi connectivity index (χ2v) is 7.00. The van der Waals surface area contributed by atoms with Crippen molar-refractivity contribution < 1.29 is 9.53 Å². The molecule has 0 saturated carbocycles. The van der Waals surface area contributed by atoms with E-state index in [4.69, 9.17) is 16.3 Å². The van der Waals surface area contributed by atoms with Gasteiger partial charge in [0.25, 0.3) is 5.91 Å². The number of benzene rings is 1. The van der Waals surface area contributed by atoms with Gasteiger partial charge >= 0.3 is 0 Å².